The highest BCUT2D eigenvalue weighted by atomic mass is 79.9. The molecule has 0 aliphatic rings. The molecule has 0 atom stereocenters. The van der Waals surface area contributed by atoms with Crippen molar-refractivity contribution in [1.29, 1.82) is 0 Å². The molecule has 1 aromatic heterocycles. The van der Waals surface area contributed by atoms with Crippen molar-refractivity contribution in [3.63, 3.8) is 0 Å². The van der Waals surface area contributed by atoms with Crippen LogP contribution in [-0.4, -0.2) is 15.9 Å². The largest absolute Gasteiger partial charge is 0.345 e. The summed E-state index contributed by atoms with van der Waals surface area (Å²) in [5.41, 5.74) is 3.83. The number of imidazole rings is 1. The molecule has 0 fully saturated rings. The Morgan fingerprint density at radius 3 is 2.95 bits per heavy atom. The maximum atomic E-state index is 12.1. The lowest BCUT2D eigenvalue weighted by atomic mass is 10.2. The van der Waals surface area contributed by atoms with Crippen LogP contribution in [0.1, 0.15) is 21.7 Å². The van der Waals surface area contributed by atoms with Crippen molar-refractivity contribution in [2.75, 3.05) is 0 Å². The Morgan fingerprint density at radius 1 is 1.29 bits per heavy atom. The average molecular weight is 344 g/mol. The van der Waals surface area contributed by atoms with E-state index < -0.39 is 0 Å². The van der Waals surface area contributed by atoms with Crippen molar-refractivity contribution in [1.82, 2.24) is 15.3 Å². The standard InChI is InChI=1S/C16H14BrN3O/c1-10-5-6-13-14(7-10)20-15(19-13)16(21)18-9-11-3-2-4-12(17)8-11/h2-8H,9H2,1H3,(H,18,21)(H,19,20). The van der Waals surface area contributed by atoms with Gasteiger partial charge in [0.1, 0.15) is 0 Å². The van der Waals surface area contributed by atoms with Crippen LogP contribution in [0, 0.1) is 6.92 Å². The third-order valence-electron chi connectivity index (χ3n) is 3.20. The fourth-order valence-electron chi connectivity index (χ4n) is 2.14. The number of aryl methyl sites for hydroxylation is 1. The second-order valence-corrected chi connectivity index (χ2v) is 5.83. The number of rotatable bonds is 3. The molecule has 3 aromatic rings. The number of benzene rings is 2. The summed E-state index contributed by atoms with van der Waals surface area (Å²) in [6.07, 6.45) is 0. The van der Waals surface area contributed by atoms with Gasteiger partial charge in [-0.15, -0.1) is 0 Å². The van der Waals surface area contributed by atoms with Gasteiger partial charge in [0.05, 0.1) is 11.0 Å². The predicted molar refractivity (Wildman–Crippen MR) is 86.1 cm³/mol. The van der Waals surface area contributed by atoms with E-state index in [1.165, 1.54) is 0 Å². The number of aromatic amines is 1. The van der Waals surface area contributed by atoms with Crippen LogP contribution in [0.4, 0.5) is 0 Å². The summed E-state index contributed by atoms with van der Waals surface area (Å²) in [5.74, 6) is 0.134. The Hall–Kier alpha value is -2.14. The topological polar surface area (TPSA) is 57.8 Å². The molecule has 3 rings (SSSR count). The molecular formula is C16H14BrN3O. The van der Waals surface area contributed by atoms with Crippen molar-refractivity contribution in [2.45, 2.75) is 13.5 Å². The van der Waals surface area contributed by atoms with Gasteiger partial charge in [-0.05, 0) is 42.3 Å². The number of H-pyrrole nitrogens is 1. The normalized spacial score (nSPS) is 10.8. The molecule has 2 aromatic carbocycles. The van der Waals surface area contributed by atoms with E-state index in [0.29, 0.717) is 12.4 Å². The number of carbonyl (C=O) groups is 1. The summed E-state index contributed by atoms with van der Waals surface area (Å²) >= 11 is 3.41. The first-order valence-corrected chi connectivity index (χ1v) is 7.40. The maximum Gasteiger partial charge on any atom is 0.287 e. The van der Waals surface area contributed by atoms with Gasteiger partial charge in [0.2, 0.25) is 0 Å². The van der Waals surface area contributed by atoms with Crippen LogP contribution in [0.15, 0.2) is 46.9 Å². The van der Waals surface area contributed by atoms with Crippen LogP contribution in [0.3, 0.4) is 0 Å². The van der Waals surface area contributed by atoms with Gasteiger partial charge < -0.3 is 10.3 Å². The fraction of sp³-hybridized carbons (Fsp3) is 0.125. The van der Waals surface area contributed by atoms with E-state index in [-0.39, 0.29) is 5.91 Å². The Kier molecular flexibility index (Phi) is 3.75. The molecule has 1 amide bonds. The van der Waals surface area contributed by atoms with Crippen LogP contribution in [0.5, 0.6) is 0 Å². The molecule has 0 bridgehead atoms. The molecule has 2 N–H and O–H groups in total. The zero-order valence-corrected chi connectivity index (χ0v) is 13.1. The summed E-state index contributed by atoms with van der Waals surface area (Å²) in [4.78, 5) is 19.5. The lowest BCUT2D eigenvalue weighted by Gasteiger charge is -2.03. The molecule has 1 heterocycles. The van der Waals surface area contributed by atoms with Gasteiger partial charge in [-0.1, -0.05) is 34.1 Å². The van der Waals surface area contributed by atoms with E-state index in [0.717, 1.165) is 26.6 Å². The minimum Gasteiger partial charge on any atom is -0.345 e. The van der Waals surface area contributed by atoms with E-state index in [4.69, 9.17) is 0 Å². The number of nitrogens with one attached hydrogen (secondary N) is 2. The first-order chi connectivity index (χ1) is 10.1. The minimum atomic E-state index is -0.205. The molecule has 4 nitrogen and oxygen atoms in total. The number of hydrogen-bond acceptors (Lipinski definition) is 2. The minimum absolute atomic E-state index is 0.205. The molecule has 0 radical (unpaired) electrons. The molecule has 106 valence electrons. The van der Waals surface area contributed by atoms with Crippen molar-refractivity contribution in [3.05, 3.63) is 63.9 Å². The van der Waals surface area contributed by atoms with Crippen LogP contribution >= 0.6 is 15.9 Å². The van der Waals surface area contributed by atoms with Crippen molar-refractivity contribution >= 4 is 32.9 Å². The second-order valence-electron chi connectivity index (χ2n) is 4.92. The van der Waals surface area contributed by atoms with Gasteiger partial charge in [0.25, 0.3) is 5.91 Å². The number of aromatic nitrogens is 2. The lowest BCUT2D eigenvalue weighted by Crippen LogP contribution is -2.23. The zero-order valence-electron chi connectivity index (χ0n) is 11.5. The Balaban J connectivity index is 1.74. The van der Waals surface area contributed by atoms with E-state index in [2.05, 4.69) is 31.2 Å². The fourth-order valence-corrected chi connectivity index (χ4v) is 2.58. The van der Waals surface area contributed by atoms with Gasteiger partial charge in [-0.25, -0.2) is 4.98 Å². The van der Waals surface area contributed by atoms with E-state index in [9.17, 15) is 4.79 Å². The molecule has 0 aliphatic heterocycles. The quantitative estimate of drug-likeness (QED) is 0.763. The number of fused-ring (bicyclic) bond motifs is 1. The van der Waals surface area contributed by atoms with Crippen molar-refractivity contribution < 1.29 is 4.79 Å². The molecule has 5 heteroatoms. The number of amides is 1. The molecule has 21 heavy (non-hydrogen) atoms. The summed E-state index contributed by atoms with van der Waals surface area (Å²) in [6.45, 7) is 2.47. The number of nitrogens with zero attached hydrogens (tertiary/aromatic N) is 1. The molecular weight excluding hydrogens is 330 g/mol. The maximum absolute atomic E-state index is 12.1. The summed E-state index contributed by atoms with van der Waals surface area (Å²) in [5, 5.41) is 2.86. The summed E-state index contributed by atoms with van der Waals surface area (Å²) in [7, 11) is 0. The first kappa shape index (κ1) is 13.8. The molecule has 0 saturated carbocycles. The highest BCUT2D eigenvalue weighted by molar-refractivity contribution is 9.10. The molecule has 0 saturated heterocycles. The molecule has 0 spiro atoms. The monoisotopic (exact) mass is 343 g/mol. The number of carbonyl (C=O) groups excluding carboxylic acids is 1. The van der Waals surface area contributed by atoms with Crippen molar-refractivity contribution in [2.24, 2.45) is 0 Å². The van der Waals surface area contributed by atoms with E-state index in [1.807, 2.05) is 49.4 Å². The van der Waals surface area contributed by atoms with E-state index >= 15 is 0 Å². The first-order valence-electron chi connectivity index (χ1n) is 6.61. The molecule has 0 unspecified atom stereocenters. The Morgan fingerprint density at radius 2 is 2.14 bits per heavy atom. The smallest absolute Gasteiger partial charge is 0.287 e. The van der Waals surface area contributed by atoms with Crippen molar-refractivity contribution in [3.8, 4) is 0 Å². The van der Waals surface area contributed by atoms with Crippen LogP contribution < -0.4 is 5.32 Å². The van der Waals surface area contributed by atoms with Gasteiger partial charge in [0, 0.05) is 11.0 Å². The predicted octanol–water partition coefficient (Wildman–Crippen LogP) is 3.56. The van der Waals surface area contributed by atoms with Gasteiger partial charge in [-0.3, -0.25) is 4.79 Å². The van der Waals surface area contributed by atoms with Gasteiger partial charge in [-0.2, -0.15) is 0 Å². The highest BCUT2D eigenvalue weighted by Gasteiger charge is 2.11. The highest BCUT2D eigenvalue weighted by Crippen LogP contribution is 2.14. The SMILES string of the molecule is Cc1ccc2[nH]c(C(=O)NCc3cccc(Br)c3)nc2c1. The van der Waals surface area contributed by atoms with Crippen LogP contribution in [-0.2, 0) is 6.54 Å². The number of halogens is 1. The number of hydrogen-bond donors (Lipinski definition) is 2. The van der Waals surface area contributed by atoms with Gasteiger partial charge >= 0.3 is 0 Å². The van der Waals surface area contributed by atoms with Gasteiger partial charge in [0.15, 0.2) is 5.82 Å². The van der Waals surface area contributed by atoms with Crippen LogP contribution in [0.2, 0.25) is 0 Å². The Bertz CT molecular complexity index is 810. The second kappa shape index (κ2) is 5.69. The van der Waals surface area contributed by atoms with E-state index in [1.54, 1.807) is 0 Å². The zero-order chi connectivity index (χ0) is 14.8. The third-order valence-corrected chi connectivity index (χ3v) is 3.69. The van der Waals surface area contributed by atoms with Crippen LogP contribution in [0.25, 0.3) is 11.0 Å². The average Bonchev–Trinajstić information content (AvgIpc) is 2.88. The Labute approximate surface area is 130 Å². The molecule has 0 aliphatic carbocycles. The lowest BCUT2D eigenvalue weighted by molar-refractivity contribution is 0.0942. The third kappa shape index (κ3) is 3.13. The summed E-state index contributed by atoms with van der Waals surface area (Å²) in [6, 6.07) is 13.7. The summed E-state index contributed by atoms with van der Waals surface area (Å²) < 4.78 is 0.994.